The maximum atomic E-state index is 4.18. The molecule has 0 aliphatic heterocycles. The lowest BCUT2D eigenvalue weighted by atomic mass is 10.5. The zero-order chi connectivity index (χ0) is 7.84. The third-order valence-electron chi connectivity index (χ3n) is 1.40. The molecule has 0 fully saturated rings. The Morgan fingerprint density at radius 2 is 2.36 bits per heavy atom. The van der Waals surface area contributed by atoms with Crippen molar-refractivity contribution in [1.82, 2.24) is 19.6 Å². The molecule has 0 amide bonds. The topological polar surface area (TPSA) is 43.1 Å². The van der Waals surface area contributed by atoms with E-state index >= 15 is 0 Å². The smallest absolute Gasteiger partial charge is 0.215 e. The second kappa shape index (κ2) is 2.27. The fourth-order valence-electron chi connectivity index (χ4n) is 0.819. The maximum absolute atomic E-state index is 4.18. The van der Waals surface area contributed by atoms with Crippen LogP contribution in [0.1, 0.15) is 5.69 Å². The molecule has 2 heterocycles. The van der Waals surface area contributed by atoms with E-state index in [1.54, 1.807) is 4.52 Å². The lowest BCUT2D eigenvalue weighted by molar-refractivity contribution is 0.921. The van der Waals surface area contributed by atoms with Gasteiger partial charge < -0.3 is 0 Å². The summed E-state index contributed by atoms with van der Waals surface area (Å²) in [7, 11) is 0. The van der Waals surface area contributed by atoms with Crippen molar-refractivity contribution in [3.63, 3.8) is 0 Å². The maximum Gasteiger partial charge on any atom is 0.252 e. The molecule has 0 aliphatic carbocycles. The number of fused-ring (bicyclic) bond motifs is 1. The zero-order valence-electron chi connectivity index (χ0n) is 5.82. The van der Waals surface area contributed by atoms with Crippen LogP contribution < -0.4 is 0 Å². The molecule has 0 aromatic carbocycles. The minimum Gasteiger partial charge on any atom is -0.215 e. The highest BCUT2D eigenvalue weighted by Gasteiger charge is 2.00. The molecule has 5 heteroatoms. The summed E-state index contributed by atoms with van der Waals surface area (Å²) in [5.41, 5.74) is 0.922. The summed E-state index contributed by atoms with van der Waals surface area (Å²) in [5, 5.41) is 3.93. The summed E-state index contributed by atoms with van der Waals surface area (Å²) in [5.74, 6) is 0.630. The molecule has 0 radical (unpaired) electrons. The Morgan fingerprint density at radius 1 is 1.55 bits per heavy atom. The van der Waals surface area contributed by atoms with Gasteiger partial charge >= 0.3 is 0 Å². The van der Waals surface area contributed by atoms with Crippen molar-refractivity contribution in [2.45, 2.75) is 6.92 Å². The predicted octanol–water partition coefficient (Wildman–Crippen LogP) is 1.20. The quantitative estimate of drug-likeness (QED) is 0.660. The molecule has 2 aromatic heterocycles. The third-order valence-corrected chi connectivity index (χ3v) is 2.18. The van der Waals surface area contributed by atoms with Crippen molar-refractivity contribution in [1.29, 1.82) is 0 Å². The predicted molar refractivity (Wildman–Crippen MR) is 43.2 cm³/mol. The molecule has 0 saturated carbocycles. The van der Waals surface area contributed by atoms with Crippen molar-refractivity contribution in [2.24, 2.45) is 0 Å². The van der Waals surface area contributed by atoms with Crippen molar-refractivity contribution in [3.05, 3.63) is 22.7 Å². The number of hydrogen-bond acceptors (Lipinski definition) is 3. The number of aromatic nitrogens is 4. The van der Waals surface area contributed by atoms with Gasteiger partial charge in [-0.25, -0.2) is 9.50 Å². The molecule has 11 heavy (non-hydrogen) atoms. The first-order valence-corrected chi connectivity index (χ1v) is 3.89. The zero-order valence-corrected chi connectivity index (χ0v) is 7.41. The van der Waals surface area contributed by atoms with Gasteiger partial charge in [0.1, 0.15) is 6.33 Å². The van der Waals surface area contributed by atoms with Gasteiger partial charge in [0.15, 0.2) is 0 Å². The number of aryl methyl sites for hydroxylation is 1. The second-order valence-corrected chi connectivity index (χ2v) is 3.03. The molecule has 2 aromatic rings. The number of nitrogens with zero attached hydrogens (tertiary/aromatic N) is 4. The summed E-state index contributed by atoms with van der Waals surface area (Å²) in [6.45, 7) is 1.92. The van der Waals surface area contributed by atoms with Crippen LogP contribution in [0.15, 0.2) is 17.0 Å². The van der Waals surface area contributed by atoms with Gasteiger partial charge in [0.2, 0.25) is 0 Å². The van der Waals surface area contributed by atoms with Crippen molar-refractivity contribution < 1.29 is 0 Å². The van der Waals surface area contributed by atoms with E-state index in [-0.39, 0.29) is 0 Å². The van der Waals surface area contributed by atoms with Crippen LogP contribution in [0.5, 0.6) is 0 Å². The van der Waals surface area contributed by atoms with Gasteiger partial charge in [0, 0.05) is 6.20 Å². The van der Waals surface area contributed by atoms with Crippen molar-refractivity contribution in [2.75, 3.05) is 0 Å². The van der Waals surface area contributed by atoms with E-state index in [4.69, 9.17) is 0 Å². The summed E-state index contributed by atoms with van der Waals surface area (Å²) in [6.07, 6.45) is 3.32. The first kappa shape index (κ1) is 6.72. The first-order chi connectivity index (χ1) is 5.27. The molecule has 0 aliphatic rings. The van der Waals surface area contributed by atoms with Gasteiger partial charge in [-0.1, -0.05) is 0 Å². The largest absolute Gasteiger partial charge is 0.252 e. The molecule has 56 valence electrons. The van der Waals surface area contributed by atoms with Crippen LogP contribution in [0.2, 0.25) is 0 Å². The normalized spacial score (nSPS) is 10.7. The Kier molecular flexibility index (Phi) is 1.38. The molecular weight excluding hydrogens is 208 g/mol. The highest BCUT2D eigenvalue weighted by Crippen LogP contribution is 2.12. The van der Waals surface area contributed by atoms with E-state index < -0.39 is 0 Å². The molecule has 2 rings (SSSR count). The van der Waals surface area contributed by atoms with Gasteiger partial charge in [0.25, 0.3) is 5.78 Å². The highest BCUT2D eigenvalue weighted by atomic mass is 79.9. The van der Waals surface area contributed by atoms with E-state index in [1.165, 1.54) is 6.33 Å². The van der Waals surface area contributed by atoms with Gasteiger partial charge in [-0.05, 0) is 22.9 Å². The molecule has 0 bridgehead atoms. The summed E-state index contributed by atoms with van der Waals surface area (Å²) in [6, 6.07) is 0. The average molecular weight is 213 g/mol. The molecule has 0 atom stereocenters. The Hall–Kier alpha value is -0.970. The highest BCUT2D eigenvalue weighted by molar-refractivity contribution is 9.10. The van der Waals surface area contributed by atoms with Crippen LogP contribution in [0.3, 0.4) is 0 Å². The Balaban J connectivity index is 2.86. The van der Waals surface area contributed by atoms with E-state index in [2.05, 4.69) is 31.0 Å². The van der Waals surface area contributed by atoms with Crippen molar-refractivity contribution >= 4 is 21.7 Å². The molecule has 0 unspecified atom stereocenters. The monoisotopic (exact) mass is 212 g/mol. The Morgan fingerprint density at radius 3 is 3.18 bits per heavy atom. The Labute approximate surface area is 71.4 Å². The molecular formula is C6H5BrN4. The Bertz CT molecular complexity index is 358. The van der Waals surface area contributed by atoms with E-state index in [1.807, 2.05) is 13.1 Å². The lowest BCUT2D eigenvalue weighted by Crippen LogP contribution is -1.93. The fraction of sp³-hybridized carbons (Fsp3) is 0.167. The van der Waals surface area contributed by atoms with E-state index in [0.29, 0.717) is 5.78 Å². The minimum atomic E-state index is 0.630. The van der Waals surface area contributed by atoms with Gasteiger partial charge in [-0.15, -0.1) is 0 Å². The van der Waals surface area contributed by atoms with Crippen LogP contribution in [-0.2, 0) is 0 Å². The van der Waals surface area contributed by atoms with Gasteiger partial charge in [0.05, 0.1) is 10.2 Å². The molecule has 0 N–H and O–H groups in total. The summed E-state index contributed by atoms with van der Waals surface area (Å²) < 4.78 is 2.56. The first-order valence-electron chi connectivity index (χ1n) is 3.10. The SMILES string of the molecule is Cc1nc2ncnn2cc1Br. The van der Waals surface area contributed by atoms with Crippen LogP contribution in [0, 0.1) is 6.92 Å². The minimum absolute atomic E-state index is 0.630. The molecule has 0 spiro atoms. The van der Waals surface area contributed by atoms with E-state index in [9.17, 15) is 0 Å². The number of halogens is 1. The molecule has 0 saturated heterocycles. The summed E-state index contributed by atoms with van der Waals surface area (Å²) >= 11 is 3.35. The van der Waals surface area contributed by atoms with Crippen LogP contribution in [0.25, 0.3) is 5.78 Å². The number of hydrogen-bond donors (Lipinski definition) is 0. The van der Waals surface area contributed by atoms with Crippen LogP contribution in [0.4, 0.5) is 0 Å². The van der Waals surface area contributed by atoms with Crippen LogP contribution >= 0.6 is 15.9 Å². The molecule has 4 nitrogen and oxygen atoms in total. The second-order valence-electron chi connectivity index (χ2n) is 2.18. The fourth-order valence-corrected chi connectivity index (χ4v) is 1.10. The van der Waals surface area contributed by atoms with Gasteiger partial charge in [-0.2, -0.15) is 10.1 Å². The summed E-state index contributed by atoms with van der Waals surface area (Å²) in [4.78, 5) is 8.12. The standard InChI is InChI=1S/C6H5BrN4/c1-4-5(7)2-11-6(10-4)8-3-9-11/h2-3H,1H3. The average Bonchev–Trinajstić information content (AvgIpc) is 2.36. The number of rotatable bonds is 0. The van der Waals surface area contributed by atoms with Crippen molar-refractivity contribution in [3.8, 4) is 0 Å². The van der Waals surface area contributed by atoms with E-state index in [0.717, 1.165) is 10.2 Å². The van der Waals surface area contributed by atoms with Crippen LogP contribution in [-0.4, -0.2) is 19.6 Å². The third kappa shape index (κ3) is 1.01. The lowest BCUT2D eigenvalue weighted by Gasteiger charge is -1.95. The van der Waals surface area contributed by atoms with Gasteiger partial charge in [-0.3, -0.25) is 0 Å².